The largest absolute Gasteiger partial charge is 0.492 e. The zero-order valence-electron chi connectivity index (χ0n) is 17.3. The molecule has 162 valence electrons. The van der Waals surface area contributed by atoms with Gasteiger partial charge in [-0.05, 0) is 42.0 Å². The van der Waals surface area contributed by atoms with Gasteiger partial charge in [-0.15, -0.1) is 0 Å². The van der Waals surface area contributed by atoms with Gasteiger partial charge < -0.3 is 14.7 Å². The lowest BCUT2D eigenvalue weighted by atomic mass is 9.90. The van der Waals surface area contributed by atoms with Crippen molar-refractivity contribution in [3.63, 3.8) is 0 Å². The number of allylic oxidation sites excluding steroid dienone is 1. The summed E-state index contributed by atoms with van der Waals surface area (Å²) in [7, 11) is 0. The number of para-hydroxylation sites is 1. The number of hydrogen-bond donors (Lipinski definition) is 1. The van der Waals surface area contributed by atoms with Gasteiger partial charge in [0.1, 0.15) is 12.4 Å². The Balaban J connectivity index is 1.48. The topological polar surface area (TPSA) is 66.8 Å². The maximum absolute atomic E-state index is 13.2. The molecule has 1 heterocycles. The summed E-state index contributed by atoms with van der Waals surface area (Å²) < 4.78 is 5.71. The molecule has 1 amide bonds. The van der Waals surface area contributed by atoms with Gasteiger partial charge in [0.25, 0.3) is 5.91 Å². The number of amides is 1. The summed E-state index contributed by atoms with van der Waals surface area (Å²) in [5.74, 6) is -0.232. The van der Waals surface area contributed by atoms with E-state index in [0.717, 1.165) is 5.56 Å². The smallest absolute Gasteiger partial charge is 0.264 e. The first-order valence-corrected chi connectivity index (χ1v) is 10.6. The fourth-order valence-electron chi connectivity index (χ4n) is 3.75. The van der Waals surface area contributed by atoms with E-state index in [0.29, 0.717) is 22.0 Å². The van der Waals surface area contributed by atoms with E-state index in [1.54, 1.807) is 54.6 Å². The monoisotopic (exact) mass is 447 g/mol. The highest BCUT2D eigenvalue weighted by Crippen LogP contribution is 2.42. The first-order valence-electron chi connectivity index (χ1n) is 10.3. The Morgan fingerprint density at radius 1 is 1.00 bits per heavy atom. The summed E-state index contributed by atoms with van der Waals surface area (Å²) in [6.07, 6.45) is 2.74. The maximum atomic E-state index is 13.2. The Morgan fingerprint density at radius 2 is 1.69 bits per heavy atom. The van der Waals surface area contributed by atoms with Crippen molar-refractivity contribution in [2.75, 3.05) is 18.1 Å². The van der Waals surface area contributed by atoms with Gasteiger partial charge in [-0.2, -0.15) is 0 Å². The standard InChI is InChI=1S/C26H22ClNO4/c27-20-11-14-22(15-12-20)32-17-16-28-24-9-5-4-8-23(24)26(31,25(28)30)18-21(29)13-10-19-6-2-1-3-7-19/h1-15,31H,16-18H2/b13-10+. The maximum Gasteiger partial charge on any atom is 0.264 e. The van der Waals surface area contributed by atoms with E-state index in [1.165, 1.54) is 11.0 Å². The van der Waals surface area contributed by atoms with Crippen LogP contribution in [0.15, 0.2) is 84.9 Å². The van der Waals surface area contributed by atoms with E-state index in [1.807, 2.05) is 30.3 Å². The Labute approximate surface area is 191 Å². The molecule has 0 aromatic heterocycles. The van der Waals surface area contributed by atoms with Gasteiger partial charge in [0.05, 0.1) is 18.7 Å². The van der Waals surface area contributed by atoms with Gasteiger partial charge in [-0.3, -0.25) is 9.59 Å². The zero-order valence-corrected chi connectivity index (χ0v) is 18.0. The molecular weight excluding hydrogens is 426 g/mol. The van der Waals surface area contributed by atoms with Crippen LogP contribution in [0.1, 0.15) is 17.5 Å². The molecule has 5 nitrogen and oxygen atoms in total. The van der Waals surface area contributed by atoms with Gasteiger partial charge in [-0.1, -0.05) is 66.2 Å². The molecule has 4 rings (SSSR count). The molecule has 0 fully saturated rings. The number of aliphatic hydroxyl groups is 1. The summed E-state index contributed by atoms with van der Waals surface area (Å²) in [6, 6.07) is 23.3. The number of ketones is 1. The summed E-state index contributed by atoms with van der Waals surface area (Å²) >= 11 is 5.89. The van der Waals surface area contributed by atoms with Crippen LogP contribution in [-0.2, 0) is 15.2 Å². The molecule has 0 bridgehead atoms. The number of nitrogens with zero attached hydrogens (tertiary/aromatic N) is 1. The average Bonchev–Trinajstić information content (AvgIpc) is 3.01. The van der Waals surface area contributed by atoms with Crippen molar-refractivity contribution in [3.05, 3.63) is 101 Å². The Bertz CT molecular complexity index is 1140. The second-order valence-corrected chi connectivity index (χ2v) is 7.96. The minimum atomic E-state index is -1.91. The molecule has 0 radical (unpaired) electrons. The van der Waals surface area contributed by atoms with Crippen molar-refractivity contribution >= 4 is 35.1 Å². The van der Waals surface area contributed by atoms with Gasteiger partial charge in [0.2, 0.25) is 0 Å². The number of ether oxygens (including phenoxy) is 1. The van der Waals surface area contributed by atoms with E-state index in [4.69, 9.17) is 16.3 Å². The third-order valence-electron chi connectivity index (χ3n) is 5.33. The molecule has 1 aliphatic rings. The molecule has 0 saturated carbocycles. The molecule has 3 aromatic carbocycles. The highest BCUT2D eigenvalue weighted by Gasteiger charge is 2.50. The quantitative estimate of drug-likeness (QED) is 0.511. The lowest BCUT2D eigenvalue weighted by Gasteiger charge is -2.22. The van der Waals surface area contributed by atoms with E-state index < -0.39 is 11.5 Å². The molecule has 0 aliphatic carbocycles. The Hall–Kier alpha value is -3.41. The molecular formula is C26H22ClNO4. The molecule has 1 N–H and O–H groups in total. The van der Waals surface area contributed by atoms with Crippen LogP contribution in [0, 0.1) is 0 Å². The number of carbonyl (C=O) groups is 2. The van der Waals surface area contributed by atoms with Crippen molar-refractivity contribution in [2.45, 2.75) is 12.0 Å². The van der Waals surface area contributed by atoms with Gasteiger partial charge in [0.15, 0.2) is 11.4 Å². The van der Waals surface area contributed by atoms with E-state index in [-0.39, 0.29) is 25.4 Å². The van der Waals surface area contributed by atoms with Crippen LogP contribution in [0.25, 0.3) is 6.08 Å². The minimum Gasteiger partial charge on any atom is -0.492 e. The second kappa shape index (κ2) is 9.39. The predicted octanol–water partition coefficient (Wildman–Crippen LogP) is 4.63. The predicted molar refractivity (Wildman–Crippen MR) is 125 cm³/mol. The SMILES string of the molecule is O=C(/C=C/c1ccccc1)CC1(O)C(=O)N(CCOc2ccc(Cl)cc2)c2ccccc21. The van der Waals surface area contributed by atoms with Crippen LogP contribution >= 0.6 is 11.6 Å². The zero-order chi connectivity index (χ0) is 22.6. The number of halogens is 1. The molecule has 0 saturated heterocycles. The molecule has 0 spiro atoms. The van der Waals surface area contributed by atoms with Gasteiger partial charge in [-0.25, -0.2) is 0 Å². The third-order valence-corrected chi connectivity index (χ3v) is 5.58. The Kier molecular flexibility index (Phi) is 6.40. The first-order chi connectivity index (χ1) is 15.5. The summed E-state index contributed by atoms with van der Waals surface area (Å²) in [5.41, 5.74) is -0.0286. The van der Waals surface area contributed by atoms with E-state index in [2.05, 4.69) is 0 Å². The number of benzene rings is 3. The Morgan fingerprint density at radius 3 is 2.44 bits per heavy atom. The van der Waals surface area contributed by atoms with Crippen molar-refractivity contribution in [1.82, 2.24) is 0 Å². The van der Waals surface area contributed by atoms with Crippen LogP contribution in [0.3, 0.4) is 0 Å². The van der Waals surface area contributed by atoms with Crippen LogP contribution in [-0.4, -0.2) is 29.9 Å². The summed E-state index contributed by atoms with van der Waals surface area (Å²) in [4.78, 5) is 27.3. The van der Waals surface area contributed by atoms with Crippen molar-refractivity contribution in [1.29, 1.82) is 0 Å². The highest BCUT2D eigenvalue weighted by molar-refractivity contribution is 6.30. The van der Waals surface area contributed by atoms with Crippen LogP contribution in [0.5, 0.6) is 5.75 Å². The number of carbonyl (C=O) groups excluding carboxylic acids is 2. The van der Waals surface area contributed by atoms with E-state index in [9.17, 15) is 14.7 Å². The third kappa shape index (κ3) is 4.59. The number of anilines is 1. The molecule has 6 heteroatoms. The molecule has 1 aliphatic heterocycles. The van der Waals surface area contributed by atoms with Crippen molar-refractivity contribution < 1.29 is 19.4 Å². The van der Waals surface area contributed by atoms with Crippen LogP contribution in [0.4, 0.5) is 5.69 Å². The van der Waals surface area contributed by atoms with Crippen LogP contribution < -0.4 is 9.64 Å². The van der Waals surface area contributed by atoms with E-state index >= 15 is 0 Å². The lowest BCUT2D eigenvalue weighted by Crippen LogP contribution is -2.43. The highest BCUT2D eigenvalue weighted by atomic mass is 35.5. The van der Waals surface area contributed by atoms with Crippen LogP contribution in [0.2, 0.25) is 5.02 Å². The average molecular weight is 448 g/mol. The number of rotatable bonds is 8. The first kappa shape index (κ1) is 21.8. The molecule has 1 atom stereocenters. The van der Waals surface area contributed by atoms with Crippen molar-refractivity contribution in [3.8, 4) is 5.75 Å². The fourth-order valence-corrected chi connectivity index (χ4v) is 3.88. The fraction of sp³-hybridized carbons (Fsp3) is 0.154. The summed E-state index contributed by atoms with van der Waals surface area (Å²) in [6.45, 7) is 0.453. The number of hydrogen-bond acceptors (Lipinski definition) is 4. The van der Waals surface area contributed by atoms with Crippen molar-refractivity contribution in [2.24, 2.45) is 0 Å². The summed E-state index contributed by atoms with van der Waals surface area (Å²) in [5, 5.41) is 11.9. The lowest BCUT2D eigenvalue weighted by molar-refractivity contribution is -0.140. The number of fused-ring (bicyclic) bond motifs is 1. The van der Waals surface area contributed by atoms with Gasteiger partial charge >= 0.3 is 0 Å². The molecule has 3 aromatic rings. The molecule has 1 unspecified atom stereocenters. The minimum absolute atomic E-state index is 0.222. The molecule has 32 heavy (non-hydrogen) atoms. The second-order valence-electron chi connectivity index (χ2n) is 7.52. The van der Waals surface area contributed by atoms with Gasteiger partial charge in [0, 0.05) is 10.6 Å². The normalized spacial score (nSPS) is 17.6.